The molecule has 2 N–H and O–H groups in total. The fourth-order valence-electron chi connectivity index (χ4n) is 2.46. The van der Waals surface area contributed by atoms with Crippen LogP contribution in [0.1, 0.15) is 16.3 Å². The van der Waals surface area contributed by atoms with Gasteiger partial charge in [0.25, 0.3) is 0 Å². The van der Waals surface area contributed by atoms with Crippen LogP contribution in [0.3, 0.4) is 0 Å². The zero-order valence-corrected chi connectivity index (χ0v) is 18.5. The van der Waals surface area contributed by atoms with E-state index in [0.29, 0.717) is 17.5 Å². The Hall–Kier alpha value is -2.21. The third-order valence-electron chi connectivity index (χ3n) is 3.82. The lowest BCUT2D eigenvalue weighted by atomic mass is 10.1. The summed E-state index contributed by atoms with van der Waals surface area (Å²) >= 11 is 0.960. The van der Waals surface area contributed by atoms with Crippen LogP contribution in [0.5, 0.6) is 0 Å². The molecule has 0 atom stereocenters. The van der Waals surface area contributed by atoms with Crippen molar-refractivity contribution >= 4 is 41.3 Å². The molecular formula is C19H19F3IN5S. The Bertz CT molecular complexity index is 944. The van der Waals surface area contributed by atoms with E-state index in [9.17, 15) is 13.2 Å². The maximum Gasteiger partial charge on any atom is 0.434 e. The molecule has 0 spiro atoms. The summed E-state index contributed by atoms with van der Waals surface area (Å²) in [4.78, 5) is 12.0. The maximum absolute atomic E-state index is 12.6. The van der Waals surface area contributed by atoms with Crippen LogP contribution in [0.15, 0.2) is 59.0 Å². The smallest absolute Gasteiger partial charge is 0.352 e. The summed E-state index contributed by atoms with van der Waals surface area (Å²) < 4.78 is 37.8. The van der Waals surface area contributed by atoms with Gasteiger partial charge in [-0.1, -0.05) is 24.3 Å². The van der Waals surface area contributed by atoms with Crippen LogP contribution in [0.25, 0.3) is 11.3 Å². The van der Waals surface area contributed by atoms with Crippen LogP contribution in [0.4, 0.5) is 13.2 Å². The van der Waals surface area contributed by atoms with Crippen molar-refractivity contribution < 1.29 is 13.2 Å². The van der Waals surface area contributed by atoms with E-state index in [1.54, 1.807) is 13.2 Å². The lowest BCUT2D eigenvalue weighted by Crippen LogP contribution is -2.36. The number of nitrogens with zero attached hydrogens (tertiary/aromatic N) is 3. The molecule has 5 nitrogen and oxygen atoms in total. The average molecular weight is 533 g/mol. The normalized spacial score (nSPS) is 11.7. The molecule has 0 aliphatic carbocycles. The van der Waals surface area contributed by atoms with Gasteiger partial charge in [0.1, 0.15) is 5.01 Å². The summed E-state index contributed by atoms with van der Waals surface area (Å²) in [6, 6.07) is 13.7. The summed E-state index contributed by atoms with van der Waals surface area (Å²) in [5.41, 5.74) is 2.05. The first-order valence-corrected chi connectivity index (χ1v) is 9.30. The standard InChI is InChI=1S/C19H18F3N5S.HI/c1-23-18(26-11-17-27-16(12-28-17)19(20,21)22)25-10-13-5-4-6-14(9-13)15-7-2-3-8-24-15;/h2-9,12H,10-11H2,1H3,(H2,23,25,26);1H. The SMILES string of the molecule is CN=C(NCc1cccc(-c2ccccn2)c1)NCc1nc(C(F)(F)F)cs1.I. The minimum atomic E-state index is -4.42. The molecule has 0 bridgehead atoms. The molecule has 0 aliphatic heterocycles. The lowest BCUT2D eigenvalue weighted by Gasteiger charge is -2.11. The highest BCUT2D eigenvalue weighted by Gasteiger charge is 2.33. The van der Waals surface area contributed by atoms with E-state index < -0.39 is 11.9 Å². The maximum atomic E-state index is 12.6. The number of rotatable bonds is 5. The third kappa shape index (κ3) is 6.67. The number of thiazole rings is 1. The molecule has 29 heavy (non-hydrogen) atoms. The van der Waals surface area contributed by atoms with E-state index >= 15 is 0 Å². The number of benzene rings is 1. The highest BCUT2D eigenvalue weighted by atomic mass is 127. The zero-order valence-electron chi connectivity index (χ0n) is 15.4. The second-order valence-electron chi connectivity index (χ2n) is 5.82. The van der Waals surface area contributed by atoms with Crippen LogP contribution in [0.2, 0.25) is 0 Å². The van der Waals surface area contributed by atoms with Crippen molar-refractivity contribution in [3.8, 4) is 11.3 Å². The first-order valence-electron chi connectivity index (χ1n) is 8.42. The van der Waals surface area contributed by atoms with Gasteiger partial charge in [-0.25, -0.2) is 4.98 Å². The van der Waals surface area contributed by atoms with Crippen LogP contribution >= 0.6 is 35.3 Å². The van der Waals surface area contributed by atoms with Gasteiger partial charge in [0.15, 0.2) is 11.7 Å². The summed E-state index contributed by atoms with van der Waals surface area (Å²) in [7, 11) is 1.60. The molecule has 0 fully saturated rings. The Morgan fingerprint density at radius 2 is 1.90 bits per heavy atom. The molecule has 0 unspecified atom stereocenters. The number of pyridine rings is 1. The zero-order chi connectivity index (χ0) is 20.0. The second kappa shape index (κ2) is 10.5. The van der Waals surface area contributed by atoms with Gasteiger partial charge in [-0.3, -0.25) is 9.98 Å². The Labute approximate surface area is 187 Å². The van der Waals surface area contributed by atoms with Gasteiger partial charge >= 0.3 is 6.18 Å². The van der Waals surface area contributed by atoms with E-state index in [-0.39, 0.29) is 30.5 Å². The van der Waals surface area contributed by atoms with Gasteiger partial charge in [-0.2, -0.15) is 13.2 Å². The Kier molecular flexibility index (Phi) is 8.38. The number of aliphatic imine (C=N–C) groups is 1. The lowest BCUT2D eigenvalue weighted by molar-refractivity contribution is -0.140. The molecule has 0 saturated carbocycles. The van der Waals surface area contributed by atoms with Gasteiger partial charge in [-0.05, 0) is 23.8 Å². The van der Waals surface area contributed by atoms with Crippen LogP contribution in [-0.2, 0) is 19.3 Å². The van der Waals surface area contributed by atoms with E-state index in [1.165, 1.54) is 0 Å². The van der Waals surface area contributed by atoms with Crippen molar-refractivity contribution in [3.05, 3.63) is 70.3 Å². The fourth-order valence-corrected chi connectivity index (χ4v) is 3.20. The molecule has 0 amide bonds. The minimum Gasteiger partial charge on any atom is -0.352 e. The first kappa shape index (κ1) is 23.1. The average Bonchev–Trinajstić information content (AvgIpc) is 3.19. The summed E-state index contributed by atoms with van der Waals surface area (Å²) in [5, 5.41) is 7.47. The summed E-state index contributed by atoms with van der Waals surface area (Å²) in [5.74, 6) is 0.479. The number of aromatic nitrogens is 2. The van der Waals surface area contributed by atoms with Crippen molar-refractivity contribution in [1.29, 1.82) is 0 Å². The molecule has 0 saturated heterocycles. The Morgan fingerprint density at radius 3 is 2.55 bits per heavy atom. The van der Waals surface area contributed by atoms with Crippen LogP contribution < -0.4 is 10.6 Å². The van der Waals surface area contributed by atoms with Crippen LogP contribution in [0, 0.1) is 0 Å². The summed E-state index contributed by atoms with van der Waals surface area (Å²) in [6.07, 6.45) is -2.68. The fraction of sp³-hybridized carbons (Fsp3) is 0.211. The van der Waals surface area contributed by atoms with E-state index in [0.717, 1.165) is 33.5 Å². The third-order valence-corrected chi connectivity index (χ3v) is 4.67. The predicted molar refractivity (Wildman–Crippen MR) is 119 cm³/mol. The molecule has 0 radical (unpaired) electrons. The molecule has 2 aromatic heterocycles. The van der Waals surface area contributed by atoms with E-state index in [2.05, 4.69) is 25.6 Å². The van der Waals surface area contributed by atoms with Gasteiger partial charge in [0.2, 0.25) is 0 Å². The highest BCUT2D eigenvalue weighted by molar-refractivity contribution is 14.0. The quantitative estimate of drug-likeness (QED) is 0.284. The molecular weight excluding hydrogens is 514 g/mol. The van der Waals surface area contributed by atoms with Crippen molar-refractivity contribution in [2.75, 3.05) is 7.05 Å². The highest BCUT2D eigenvalue weighted by Crippen LogP contribution is 2.29. The van der Waals surface area contributed by atoms with Gasteiger partial charge in [0.05, 0.1) is 12.2 Å². The monoisotopic (exact) mass is 533 g/mol. The van der Waals surface area contributed by atoms with Gasteiger partial charge < -0.3 is 10.6 Å². The van der Waals surface area contributed by atoms with Crippen molar-refractivity contribution in [1.82, 2.24) is 20.6 Å². The number of nitrogens with one attached hydrogen (secondary N) is 2. The largest absolute Gasteiger partial charge is 0.434 e. The second-order valence-corrected chi connectivity index (χ2v) is 6.76. The molecule has 3 rings (SSSR count). The van der Waals surface area contributed by atoms with Crippen molar-refractivity contribution in [3.63, 3.8) is 0 Å². The van der Waals surface area contributed by atoms with Gasteiger partial charge in [0, 0.05) is 30.7 Å². The summed E-state index contributed by atoms with van der Waals surface area (Å²) in [6.45, 7) is 0.667. The van der Waals surface area contributed by atoms with E-state index in [1.807, 2.05) is 42.5 Å². The molecule has 10 heteroatoms. The van der Waals surface area contributed by atoms with Crippen molar-refractivity contribution in [2.24, 2.45) is 4.99 Å². The molecule has 1 aromatic carbocycles. The number of halogens is 4. The Balaban J connectivity index is 0.00000300. The molecule has 3 aromatic rings. The minimum absolute atomic E-state index is 0. The number of hydrogen-bond donors (Lipinski definition) is 2. The predicted octanol–water partition coefficient (Wildman–Crippen LogP) is 4.71. The van der Waals surface area contributed by atoms with E-state index in [4.69, 9.17) is 0 Å². The molecule has 0 aliphatic rings. The Morgan fingerprint density at radius 1 is 1.10 bits per heavy atom. The van der Waals surface area contributed by atoms with Crippen LogP contribution in [-0.4, -0.2) is 23.0 Å². The molecule has 2 heterocycles. The number of guanidine groups is 1. The molecule has 154 valence electrons. The van der Waals surface area contributed by atoms with Gasteiger partial charge in [-0.15, -0.1) is 35.3 Å². The number of alkyl halides is 3. The first-order chi connectivity index (χ1) is 13.5. The van der Waals surface area contributed by atoms with Crippen molar-refractivity contribution in [2.45, 2.75) is 19.3 Å². The topological polar surface area (TPSA) is 62.2 Å². The number of hydrogen-bond acceptors (Lipinski definition) is 4.